The van der Waals surface area contributed by atoms with Crippen molar-refractivity contribution in [2.75, 3.05) is 20.6 Å². The molecule has 0 aliphatic heterocycles. The number of carbonyl (C=O) groups excluding carboxylic acids is 1. The van der Waals surface area contributed by atoms with Gasteiger partial charge in [0.2, 0.25) is 0 Å². The van der Waals surface area contributed by atoms with Crippen molar-refractivity contribution in [1.82, 2.24) is 4.90 Å². The van der Waals surface area contributed by atoms with Crippen molar-refractivity contribution in [3.8, 4) is 0 Å². The predicted octanol–water partition coefficient (Wildman–Crippen LogP) is 1.98. The highest BCUT2D eigenvalue weighted by molar-refractivity contribution is 5.70. The first-order valence-electron chi connectivity index (χ1n) is 4.89. The average Bonchev–Trinajstić information content (AvgIpc) is 2.60. The molecule has 0 atom stereocenters. The summed E-state index contributed by atoms with van der Waals surface area (Å²) in [6.07, 6.45) is 5.71. The highest BCUT2D eigenvalue weighted by Gasteiger charge is 2.00. The van der Waals surface area contributed by atoms with Gasteiger partial charge in [-0.05, 0) is 51.5 Å². The van der Waals surface area contributed by atoms with Gasteiger partial charge in [0.15, 0.2) is 12.0 Å². The second-order valence-electron chi connectivity index (χ2n) is 3.74. The van der Waals surface area contributed by atoms with E-state index in [1.165, 1.54) is 6.42 Å². The van der Waals surface area contributed by atoms with Gasteiger partial charge in [0, 0.05) is 0 Å². The van der Waals surface area contributed by atoms with E-state index in [0.29, 0.717) is 5.76 Å². The summed E-state index contributed by atoms with van der Waals surface area (Å²) in [5.74, 6) is 0.424. The quantitative estimate of drug-likeness (QED) is 0.514. The lowest BCUT2D eigenvalue weighted by molar-refractivity contribution is 0.110. The Morgan fingerprint density at radius 3 is 2.79 bits per heavy atom. The monoisotopic (exact) mass is 195 g/mol. The minimum absolute atomic E-state index is 0.424. The number of rotatable bonds is 6. The Morgan fingerprint density at radius 1 is 1.43 bits per heavy atom. The third-order valence-electron chi connectivity index (χ3n) is 2.11. The largest absolute Gasteiger partial charge is 0.461 e. The molecule has 14 heavy (non-hydrogen) atoms. The molecule has 3 nitrogen and oxygen atoms in total. The normalized spacial score (nSPS) is 10.8. The zero-order valence-electron chi connectivity index (χ0n) is 8.82. The molecule has 1 aromatic rings. The molecule has 0 spiro atoms. The van der Waals surface area contributed by atoms with Crippen LogP contribution >= 0.6 is 0 Å². The summed E-state index contributed by atoms with van der Waals surface area (Å²) >= 11 is 0. The van der Waals surface area contributed by atoms with Crippen LogP contribution < -0.4 is 0 Å². The molecule has 78 valence electrons. The average molecular weight is 195 g/mol. The fraction of sp³-hybridized carbons (Fsp3) is 0.545. The summed E-state index contributed by atoms with van der Waals surface area (Å²) in [4.78, 5) is 12.5. The highest BCUT2D eigenvalue weighted by Crippen LogP contribution is 2.09. The number of aldehydes is 1. The van der Waals surface area contributed by atoms with E-state index >= 15 is 0 Å². The molecule has 0 aliphatic rings. The van der Waals surface area contributed by atoms with E-state index in [2.05, 4.69) is 19.0 Å². The van der Waals surface area contributed by atoms with E-state index in [1.54, 1.807) is 6.26 Å². The molecule has 0 unspecified atom stereocenters. The molecular formula is C11H17NO2. The van der Waals surface area contributed by atoms with Crippen LogP contribution in [0.5, 0.6) is 0 Å². The summed E-state index contributed by atoms with van der Waals surface area (Å²) in [6.45, 7) is 1.11. The molecule has 3 heteroatoms. The third-order valence-corrected chi connectivity index (χ3v) is 2.11. The van der Waals surface area contributed by atoms with Crippen LogP contribution in [0.2, 0.25) is 0 Å². The summed E-state index contributed by atoms with van der Waals surface area (Å²) in [7, 11) is 4.14. The summed E-state index contributed by atoms with van der Waals surface area (Å²) < 4.78 is 5.01. The highest BCUT2D eigenvalue weighted by atomic mass is 16.3. The van der Waals surface area contributed by atoms with Crippen molar-refractivity contribution < 1.29 is 9.21 Å². The fourth-order valence-electron chi connectivity index (χ4n) is 1.34. The Bertz CT molecular complexity index is 279. The number of nitrogens with zero attached hydrogens (tertiary/aromatic N) is 1. The van der Waals surface area contributed by atoms with Gasteiger partial charge < -0.3 is 9.32 Å². The zero-order chi connectivity index (χ0) is 10.4. The number of hydrogen-bond acceptors (Lipinski definition) is 3. The number of unbranched alkanes of at least 4 members (excludes halogenated alkanes) is 1. The molecule has 0 amide bonds. The molecule has 0 radical (unpaired) electrons. The number of carbonyl (C=O) groups is 1. The van der Waals surface area contributed by atoms with Crippen LogP contribution in [0.25, 0.3) is 0 Å². The van der Waals surface area contributed by atoms with Gasteiger partial charge in [0.1, 0.15) is 0 Å². The Labute approximate surface area is 84.7 Å². The van der Waals surface area contributed by atoms with Gasteiger partial charge in [-0.1, -0.05) is 0 Å². The van der Waals surface area contributed by atoms with Crippen molar-refractivity contribution in [3.63, 3.8) is 0 Å². The van der Waals surface area contributed by atoms with Crippen LogP contribution in [0, 0.1) is 0 Å². The maximum atomic E-state index is 10.3. The van der Waals surface area contributed by atoms with Crippen molar-refractivity contribution in [1.29, 1.82) is 0 Å². The second kappa shape index (κ2) is 5.60. The Hall–Kier alpha value is -1.09. The van der Waals surface area contributed by atoms with E-state index < -0.39 is 0 Å². The molecule has 1 rings (SSSR count). The first-order valence-corrected chi connectivity index (χ1v) is 4.89. The Kier molecular flexibility index (Phi) is 4.40. The second-order valence-corrected chi connectivity index (χ2v) is 3.74. The van der Waals surface area contributed by atoms with E-state index in [-0.39, 0.29) is 0 Å². The minimum atomic E-state index is 0.424. The third kappa shape index (κ3) is 3.75. The van der Waals surface area contributed by atoms with Gasteiger partial charge in [-0.25, -0.2) is 0 Å². The lowest BCUT2D eigenvalue weighted by atomic mass is 10.1. The van der Waals surface area contributed by atoms with Crippen LogP contribution in [0.1, 0.15) is 29.0 Å². The zero-order valence-corrected chi connectivity index (χ0v) is 8.82. The molecule has 0 aromatic carbocycles. The predicted molar refractivity (Wildman–Crippen MR) is 55.6 cm³/mol. The molecule has 0 saturated carbocycles. The summed E-state index contributed by atoms with van der Waals surface area (Å²) in [5.41, 5.74) is 1.12. The molecular weight excluding hydrogens is 178 g/mol. The number of furan rings is 1. The Balaban J connectivity index is 2.21. The van der Waals surface area contributed by atoms with E-state index in [1.807, 2.05) is 6.07 Å². The molecule has 1 heterocycles. The van der Waals surface area contributed by atoms with Crippen molar-refractivity contribution >= 4 is 6.29 Å². The molecule has 0 aliphatic carbocycles. The van der Waals surface area contributed by atoms with Gasteiger partial charge in [0.05, 0.1) is 6.26 Å². The van der Waals surface area contributed by atoms with Crippen LogP contribution in [-0.2, 0) is 6.42 Å². The molecule has 0 bridgehead atoms. The van der Waals surface area contributed by atoms with Crippen LogP contribution in [0.3, 0.4) is 0 Å². The van der Waals surface area contributed by atoms with Gasteiger partial charge in [-0.15, -0.1) is 0 Å². The molecule has 0 fully saturated rings. The minimum Gasteiger partial charge on any atom is -0.461 e. The van der Waals surface area contributed by atoms with Crippen LogP contribution in [0.15, 0.2) is 16.7 Å². The van der Waals surface area contributed by atoms with Gasteiger partial charge in [-0.3, -0.25) is 4.79 Å². The lowest BCUT2D eigenvalue weighted by Crippen LogP contribution is -2.12. The fourth-order valence-corrected chi connectivity index (χ4v) is 1.34. The van der Waals surface area contributed by atoms with Gasteiger partial charge in [0.25, 0.3) is 0 Å². The smallest absolute Gasteiger partial charge is 0.185 e. The van der Waals surface area contributed by atoms with E-state index in [9.17, 15) is 4.79 Å². The van der Waals surface area contributed by atoms with Crippen molar-refractivity contribution in [2.45, 2.75) is 19.3 Å². The lowest BCUT2D eigenvalue weighted by Gasteiger charge is -2.07. The molecule has 1 aromatic heterocycles. The maximum Gasteiger partial charge on any atom is 0.185 e. The van der Waals surface area contributed by atoms with Crippen LogP contribution in [0.4, 0.5) is 0 Å². The number of hydrogen-bond donors (Lipinski definition) is 0. The van der Waals surface area contributed by atoms with E-state index in [4.69, 9.17) is 4.42 Å². The summed E-state index contributed by atoms with van der Waals surface area (Å²) in [6, 6.07) is 1.81. The Morgan fingerprint density at radius 2 is 2.21 bits per heavy atom. The number of aryl methyl sites for hydroxylation is 1. The topological polar surface area (TPSA) is 33.5 Å². The SMILES string of the molecule is CN(C)CCCCc1coc(C=O)c1. The first kappa shape index (κ1) is 11.0. The van der Waals surface area contributed by atoms with Crippen LogP contribution in [-0.4, -0.2) is 31.8 Å². The standard InChI is InChI=1S/C11H17NO2/c1-12(2)6-4-3-5-10-7-11(8-13)14-9-10/h7-9H,3-6H2,1-2H3. The van der Waals surface area contributed by atoms with Gasteiger partial charge in [-0.2, -0.15) is 0 Å². The van der Waals surface area contributed by atoms with Crippen molar-refractivity contribution in [3.05, 3.63) is 23.7 Å². The van der Waals surface area contributed by atoms with E-state index in [0.717, 1.165) is 31.2 Å². The molecule has 0 saturated heterocycles. The van der Waals surface area contributed by atoms with Gasteiger partial charge >= 0.3 is 0 Å². The van der Waals surface area contributed by atoms with Crippen molar-refractivity contribution in [2.24, 2.45) is 0 Å². The summed E-state index contributed by atoms with van der Waals surface area (Å²) in [5, 5.41) is 0. The maximum absolute atomic E-state index is 10.3. The molecule has 0 N–H and O–H groups in total. The first-order chi connectivity index (χ1) is 6.72.